The Morgan fingerprint density at radius 3 is 2.73 bits per heavy atom. The molecule has 1 rings (SSSR count). The zero-order valence-electron chi connectivity index (χ0n) is 9.16. The maximum Gasteiger partial charge on any atom is 0.123 e. The second kappa shape index (κ2) is 5.88. The molecule has 0 radical (unpaired) electrons. The first-order chi connectivity index (χ1) is 7.21. The first-order valence-corrected chi connectivity index (χ1v) is 6.40. The molecule has 1 aromatic rings. The molecule has 3 nitrogen and oxygen atoms in total. The predicted octanol–water partition coefficient (Wildman–Crippen LogP) is 1.42. The average molecular weight is 227 g/mol. The summed E-state index contributed by atoms with van der Waals surface area (Å²) < 4.78 is 16.6. The number of methoxy groups -OCH3 is 1. The summed E-state index contributed by atoms with van der Waals surface area (Å²) in [5.74, 6) is 2.04. The second-order valence-corrected chi connectivity index (χ2v) is 4.97. The van der Waals surface area contributed by atoms with Gasteiger partial charge in [0.15, 0.2) is 0 Å². The summed E-state index contributed by atoms with van der Waals surface area (Å²) in [6.45, 7) is 2.38. The van der Waals surface area contributed by atoms with Crippen LogP contribution in [0.3, 0.4) is 0 Å². The Balaban J connectivity index is 2.88. The van der Waals surface area contributed by atoms with Crippen molar-refractivity contribution < 1.29 is 8.95 Å². The van der Waals surface area contributed by atoms with Gasteiger partial charge in [0.05, 0.1) is 7.11 Å². The Labute approximate surface area is 93.1 Å². The van der Waals surface area contributed by atoms with Crippen molar-refractivity contribution in [3.63, 3.8) is 0 Å². The Bertz CT molecular complexity index is 352. The average Bonchev–Trinajstić information content (AvgIpc) is 2.28. The van der Waals surface area contributed by atoms with Crippen LogP contribution >= 0.6 is 0 Å². The minimum Gasteiger partial charge on any atom is -0.496 e. The molecule has 0 saturated heterocycles. The van der Waals surface area contributed by atoms with Crippen LogP contribution in [-0.4, -0.2) is 17.1 Å². The van der Waals surface area contributed by atoms with Crippen molar-refractivity contribution >= 4 is 10.8 Å². The van der Waals surface area contributed by atoms with E-state index in [1.165, 1.54) is 0 Å². The van der Waals surface area contributed by atoms with E-state index in [9.17, 15) is 4.21 Å². The largest absolute Gasteiger partial charge is 0.496 e. The van der Waals surface area contributed by atoms with E-state index in [0.717, 1.165) is 16.9 Å². The Hall–Kier alpha value is -0.870. The minimum absolute atomic E-state index is 0.459. The molecule has 0 saturated carbocycles. The maximum atomic E-state index is 11.4. The van der Waals surface area contributed by atoms with E-state index in [1.54, 1.807) is 7.11 Å². The molecular weight excluding hydrogens is 210 g/mol. The van der Waals surface area contributed by atoms with Gasteiger partial charge in [-0.2, -0.15) is 0 Å². The third-order valence-corrected chi connectivity index (χ3v) is 3.52. The number of ether oxygens (including phenoxy) is 1. The summed E-state index contributed by atoms with van der Waals surface area (Å²) in [5, 5.41) is 0. The van der Waals surface area contributed by atoms with Crippen LogP contribution in [0.1, 0.15) is 18.1 Å². The van der Waals surface area contributed by atoms with Crippen molar-refractivity contribution in [2.24, 2.45) is 5.73 Å². The lowest BCUT2D eigenvalue weighted by Gasteiger charge is -2.08. The third kappa shape index (κ3) is 3.32. The van der Waals surface area contributed by atoms with Crippen LogP contribution < -0.4 is 10.5 Å². The number of hydrogen-bond acceptors (Lipinski definition) is 3. The van der Waals surface area contributed by atoms with Crippen molar-refractivity contribution in [1.29, 1.82) is 0 Å². The molecule has 1 atom stereocenters. The van der Waals surface area contributed by atoms with Crippen molar-refractivity contribution in [3.05, 3.63) is 29.3 Å². The normalized spacial score (nSPS) is 12.5. The highest BCUT2D eigenvalue weighted by molar-refractivity contribution is 7.84. The molecule has 1 aromatic carbocycles. The molecular formula is C11H17NO2S. The molecule has 84 valence electrons. The van der Waals surface area contributed by atoms with Crippen LogP contribution in [0.25, 0.3) is 0 Å². The third-order valence-electron chi connectivity index (χ3n) is 2.22. The van der Waals surface area contributed by atoms with Gasteiger partial charge in [-0.15, -0.1) is 0 Å². The molecule has 0 fully saturated rings. The van der Waals surface area contributed by atoms with Gasteiger partial charge in [0.2, 0.25) is 0 Å². The predicted molar refractivity (Wildman–Crippen MR) is 63.3 cm³/mol. The van der Waals surface area contributed by atoms with Crippen molar-refractivity contribution in [3.8, 4) is 5.75 Å². The lowest BCUT2D eigenvalue weighted by molar-refractivity contribution is 0.409. The van der Waals surface area contributed by atoms with Crippen molar-refractivity contribution in [2.75, 3.05) is 12.9 Å². The van der Waals surface area contributed by atoms with Crippen molar-refractivity contribution in [1.82, 2.24) is 0 Å². The molecule has 0 aromatic heterocycles. The van der Waals surface area contributed by atoms with E-state index in [0.29, 0.717) is 18.1 Å². The summed E-state index contributed by atoms with van der Waals surface area (Å²) in [6, 6.07) is 5.80. The molecule has 2 N–H and O–H groups in total. The van der Waals surface area contributed by atoms with Gasteiger partial charge in [-0.25, -0.2) is 0 Å². The molecule has 0 bridgehead atoms. The van der Waals surface area contributed by atoms with Gasteiger partial charge in [0, 0.05) is 34.4 Å². The summed E-state index contributed by atoms with van der Waals surface area (Å²) in [4.78, 5) is 0. The lowest BCUT2D eigenvalue weighted by atomic mass is 10.1. The molecule has 0 amide bonds. The van der Waals surface area contributed by atoms with Crippen LogP contribution in [0.2, 0.25) is 0 Å². The van der Waals surface area contributed by atoms with Crippen LogP contribution in [-0.2, 0) is 23.1 Å². The smallest absolute Gasteiger partial charge is 0.123 e. The van der Waals surface area contributed by atoms with E-state index >= 15 is 0 Å². The zero-order chi connectivity index (χ0) is 11.3. The molecule has 0 aliphatic heterocycles. The molecule has 4 heteroatoms. The summed E-state index contributed by atoms with van der Waals surface area (Å²) in [5.41, 5.74) is 7.57. The SMILES string of the molecule is CCS(=O)Cc1ccc(CN)c(OC)c1. The van der Waals surface area contributed by atoms with Crippen LogP contribution in [0.5, 0.6) is 5.75 Å². The highest BCUT2D eigenvalue weighted by Crippen LogP contribution is 2.20. The Kier molecular flexibility index (Phi) is 4.78. The molecule has 1 unspecified atom stereocenters. The van der Waals surface area contributed by atoms with E-state index in [2.05, 4.69) is 0 Å². The Morgan fingerprint density at radius 1 is 1.47 bits per heavy atom. The van der Waals surface area contributed by atoms with E-state index in [1.807, 2.05) is 25.1 Å². The maximum absolute atomic E-state index is 11.4. The topological polar surface area (TPSA) is 52.3 Å². The Morgan fingerprint density at radius 2 is 2.20 bits per heavy atom. The molecule has 0 aliphatic carbocycles. The highest BCUT2D eigenvalue weighted by Gasteiger charge is 2.04. The number of nitrogens with two attached hydrogens (primary N) is 1. The van der Waals surface area contributed by atoms with Gasteiger partial charge in [-0.3, -0.25) is 4.21 Å². The lowest BCUT2D eigenvalue weighted by Crippen LogP contribution is -2.02. The van der Waals surface area contributed by atoms with Gasteiger partial charge in [0.25, 0.3) is 0 Å². The minimum atomic E-state index is -0.784. The first kappa shape index (κ1) is 12.2. The van der Waals surface area contributed by atoms with E-state index in [-0.39, 0.29) is 0 Å². The second-order valence-electron chi connectivity index (χ2n) is 3.22. The van der Waals surface area contributed by atoms with E-state index < -0.39 is 10.8 Å². The number of hydrogen-bond donors (Lipinski definition) is 1. The first-order valence-electron chi connectivity index (χ1n) is 4.92. The standard InChI is InChI=1S/C11H17NO2S/c1-3-15(13)8-9-4-5-10(7-12)11(6-9)14-2/h4-6H,3,7-8,12H2,1-2H3. The number of benzene rings is 1. The monoisotopic (exact) mass is 227 g/mol. The molecule has 0 aliphatic rings. The fraction of sp³-hybridized carbons (Fsp3) is 0.455. The molecule has 0 heterocycles. The van der Waals surface area contributed by atoms with Crippen molar-refractivity contribution in [2.45, 2.75) is 19.2 Å². The highest BCUT2D eigenvalue weighted by atomic mass is 32.2. The van der Waals surface area contributed by atoms with Crippen LogP contribution in [0.4, 0.5) is 0 Å². The molecule has 0 spiro atoms. The van der Waals surface area contributed by atoms with Gasteiger partial charge >= 0.3 is 0 Å². The van der Waals surface area contributed by atoms with E-state index in [4.69, 9.17) is 10.5 Å². The summed E-state index contributed by atoms with van der Waals surface area (Å²) in [7, 11) is 0.837. The van der Waals surface area contributed by atoms with Gasteiger partial charge in [-0.1, -0.05) is 19.1 Å². The number of rotatable bonds is 5. The summed E-state index contributed by atoms with van der Waals surface area (Å²) >= 11 is 0. The quantitative estimate of drug-likeness (QED) is 0.827. The zero-order valence-corrected chi connectivity index (χ0v) is 9.97. The van der Waals surface area contributed by atoms with Gasteiger partial charge < -0.3 is 10.5 Å². The van der Waals surface area contributed by atoms with Crippen LogP contribution in [0.15, 0.2) is 18.2 Å². The molecule has 15 heavy (non-hydrogen) atoms. The van der Waals surface area contributed by atoms with Gasteiger partial charge in [0.1, 0.15) is 5.75 Å². The fourth-order valence-corrected chi connectivity index (χ4v) is 2.09. The van der Waals surface area contributed by atoms with Crippen LogP contribution in [0, 0.1) is 0 Å². The summed E-state index contributed by atoms with van der Waals surface area (Å²) in [6.07, 6.45) is 0. The fourth-order valence-electron chi connectivity index (χ4n) is 1.34. The van der Waals surface area contributed by atoms with Gasteiger partial charge in [-0.05, 0) is 11.6 Å².